The van der Waals surface area contributed by atoms with Crippen LogP contribution in [0.15, 0.2) is 42.5 Å². The average Bonchev–Trinajstić information content (AvgIpc) is 2.33. The van der Waals surface area contributed by atoms with Crippen LogP contribution in [0.2, 0.25) is 0 Å². The number of aliphatic hydroxyl groups is 1. The fourth-order valence-electron chi connectivity index (χ4n) is 1.53. The fraction of sp³-hybridized carbons (Fsp3) is 0.0769. The number of phenolic OH excluding ortho intramolecular Hbond substituents is 1. The minimum absolute atomic E-state index is 0.298. The van der Waals surface area contributed by atoms with Gasteiger partial charge in [0, 0.05) is 0 Å². The van der Waals surface area contributed by atoms with Gasteiger partial charge in [0.15, 0.2) is 11.6 Å². The summed E-state index contributed by atoms with van der Waals surface area (Å²) >= 11 is 0. The molecule has 4 heteroatoms. The maximum absolute atomic E-state index is 13.1. The van der Waals surface area contributed by atoms with E-state index in [4.69, 9.17) is 5.11 Å². The minimum atomic E-state index is -1.05. The third-order valence-electron chi connectivity index (χ3n) is 2.47. The topological polar surface area (TPSA) is 40.5 Å². The van der Waals surface area contributed by atoms with E-state index in [2.05, 4.69) is 0 Å². The first kappa shape index (κ1) is 11.5. The van der Waals surface area contributed by atoms with E-state index in [9.17, 15) is 13.9 Å². The minimum Gasteiger partial charge on any atom is -0.505 e. The highest BCUT2D eigenvalue weighted by atomic mass is 19.1. The summed E-state index contributed by atoms with van der Waals surface area (Å²) in [6.07, 6.45) is -1.05. The Hall–Kier alpha value is -1.94. The standard InChI is InChI=1S/C13H10F2O2/c14-10-4-1-8(2-5-10)13(17)9-3-6-12(16)11(15)7-9/h1-7,13,16-17H. The van der Waals surface area contributed by atoms with Crippen LogP contribution in [-0.4, -0.2) is 10.2 Å². The van der Waals surface area contributed by atoms with Crippen molar-refractivity contribution in [3.05, 3.63) is 65.2 Å². The van der Waals surface area contributed by atoms with Crippen LogP contribution >= 0.6 is 0 Å². The smallest absolute Gasteiger partial charge is 0.165 e. The van der Waals surface area contributed by atoms with Gasteiger partial charge in [-0.25, -0.2) is 8.78 Å². The Balaban J connectivity index is 2.33. The molecule has 0 fully saturated rings. The fourth-order valence-corrected chi connectivity index (χ4v) is 1.53. The first-order valence-electron chi connectivity index (χ1n) is 5.00. The summed E-state index contributed by atoms with van der Waals surface area (Å²) in [5, 5.41) is 19.0. The normalized spacial score (nSPS) is 12.4. The summed E-state index contributed by atoms with van der Waals surface area (Å²) in [4.78, 5) is 0. The lowest BCUT2D eigenvalue weighted by molar-refractivity contribution is 0.219. The van der Waals surface area contributed by atoms with Gasteiger partial charge >= 0.3 is 0 Å². The van der Waals surface area contributed by atoms with E-state index < -0.39 is 23.5 Å². The number of aliphatic hydroxyl groups excluding tert-OH is 1. The molecule has 0 radical (unpaired) electrons. The maximum atomic E-state index is 13.1. The molecular formula is C13H10F2O2. The molecule has 17 heavy (non-hydrogen) atoms. The molecule has 0 aliphatic carbocycles. The molecule has 0 saturated heterocycles. The molecule has 0 heterocycles. The predicted octanol–water partition coefficient (Wildman–Crippen LogP) is 2.75. The first-order valence-corrected chi connectivity index (χ1v) is 5.00. The van der Waals surface area contributed by atoms with Crippen LogP contribution < -0.4 is 0 Å². The zero-order chi connectivity index (χ0) is 12.4. The molecule has 2 aromatic rings. The van der Waals surface area contributed by atoms with Gasteiger partial charge < -0.3 is 10.2 Å². The Bertz CT molecular complexity index is 523. The Morgan fingerprint density at radius 2 is 1.47 bits per heavy atom. The highest BCUT2D eigenvalue weighted by Gasteiger charge is 2.12. The molecule has 0 saturated carbocycles. The number of aromatic hydroxyl groups is 1. The summed E-state index contributed by atoms with van der Waals surface area (Å²) in [6.45, 7) is 0. The molecule has 0 aliphatic heterocycles. The number of phenols is 1. The van der Waals surface area contributed by atoms with Crippen molar-refractivity contribution in [2.24, 2.45) is 0 Å². The zero-order valence-corrected chi connectivity index (χ0v) is 8.77. The summed E-state index contributed by atoms with van der Waals surface area (Å²) in [5.41, 5.74) is 0.753. The van der Waals surface area contributed by atoms with Crippen molar-refractivity contribution in [2.45, 2.75) is 6.10 Å². The monoisotopic (exact) mass is 236 g/mol. The number of hydrogen-bond acceptors (Lipinski definition) is 2. The molecule has 2 N–H and O–H groups in total. The summed E-state index contributed by atoms with van der Waals surface area (Å²) < 4.78 is 25.8. The quantitative estimate of drug-likeness (QED) is 0.841. The molecule has 1 atom stereocenters. The van der Waals surface area contributed by atoms with Crippen LogP contribution in [-0.2, 0) is 0 Å². The van der Waals surface area contributed by atoms with Crippen LogP contribution in [0.3, 0.4) is 0 Å². The van der Waals surface area contributed by atoms with E-state index in [1.807, 2.05) is 0 Å². The number of hydrogen-bond donors (Lipinski definition) is 2. The molecule has 88 valence electrons. The third-order valence-corrected chi connectivity index (χ3v) is 2.47. The van der Waals surface area contributed by atoms with Crippen LogP contribution in [0.4, 0.5) is 8.78 Å². The lowest BCUT2D eigenvalue weighted by Gasteiger charge is -2.11. The van der Waals surface area contributed by atoms with Crippen molar-refractivity contribution in [3.63, 3.8) is 0 Å². The Labute approximate surface area is 96.8 Å². The van der Waals surface area contributed by atoms with Crippen molar-refractivity contribution in [1.82, 2.24) is 0 Å². The van der Waals surface area contributed by atoms with Gasteiger partial charge in [-0.15, -0.1) is 0 Å². The number of benzene rings is 2. The Morgan fingerprint density at radius 1 is 0.882 bits per heavy atom. The highest BCUT2D eigenvalue weighted by molar-refractivity contribution is 5.34. The maximum Gasteiger partial charge on any atom is 0.165 e. The van der Waals surface area contributed by atoms with Gasteiger partial charge in [0.25, 0.3) is 0 Å². The average molecular weight is 236 g/mol. The number of halogens is 2. The van der Waals surface area contributed by atoms with Gasteiger partial charge in [0.2, 0.25) is 0 Å². The van der Waals surface area contributed by atoms with Gasteiger partial charge in [-0.2, -0.15) is 0 Å². The lowest BCUT2D eigenvalue weighted by atomic mass is 10.0. The van der Waals surface area contributed by atoms with E-state index >= 15 is 0 Å². The van der Waals surface area contributed by atoms with Crippen molar-refractivity contribution in [2.75, 3.05) is 0 Å². The zero-order valence-electron chi connectivity index (χ0n) is 8.77. The second-order valence-electron chi connectivity index (χ2n) is 3.66. The van der Waals surface area contributed by atoms with Crippen molar-refractivity contribution < 1.29 is 19.0 Å². The van der Waals surface area contributed by atoms with Crippen LogP contribution in [0.5, 0.6) is 5.75 Å². The Morgan fingerprint density at radius 3 is 2.06 bits per heavy atom. The van der Waals surface area contributed by atoms with E-state index in [1.165, 1.54) is 30.3 Å². The van der Waals surface area contributed by atoms with Crippen LogP contribution in [0, 0.1) is 11.6 Å². The van der Waals surface area contributed by atoms with E-state index in [0.717, 1.165) is 12.1 Å². The van der Waals surface area contributed by atoms with Gasteiger partial charge in [-0.05, 0) is 35.4 Å². The summed E-state index contributed by atoms with van der Waals surface area (Å²) in [7, 11) is 0. The molecule has 2 aromatic carbocycles. The predicted molar refractivity (Wildman–Crippen MR) is 58.5 cm³/mol. The molecule has 0 amide bonds. The third kappa shape index (κ3) is 2.42. The van der Waals surface area contributed by atoms with Crippen molar-refractivity contribution >= 4 is 0 Å². The SMILES string of the molecule is Oc1ccc(C(O)c2ccc(F)cc2)cc1F. The number of rotatable bonds is 2. The van der Waals surface area contributed by atoms with Gasteiger partial charge in [-0.3, -0.25) is 0 Å². The summed E-state index contributed by atoms with van der Waals surface area (Å²) in [5.74, 6) is -1.68. The second kappa shape index (κ2) is 4.51. The van der Waals surface area contributed by atoms with Crippen LogP contribution in [0.25, 0.3) is 0 Å². The molecule has 2 nitrogen and oxygen atoms in total. The molecular weight excluding hydrogens is 226 g/mol. The van der Waals surface area contributed by atoms with Gasteiger partial charge in [-0.1, -0.05) is 18.2 Å². The van der Waals surface area contributed by atoms with Crippen molar-refractivity contribution in [3.8, 4) is 5.75 Å². The molecule has 0 spiro atoms. The van der Waals surface area contributed by atoms with Crippen LogP contribution in [0.1, 0.15) is 17.2 Å². The van der Waals surface area contributed by atoms with Gasteiger partial charge in [0.05, 0.1) is 0 Å². The first-order chi connectivity index (χ1) is 8.08. The largest absolute Gasteiger partial charge is 0.505 e. The molecule has 2 rings (SSSR count). The highest BCUT2D eigenvalue weighted by Crippen LogP contribution is 2.25. The lowest BCUT2D eigenvalue weighted by Crippen LogP contribution is -2.00. The second-order valence-corrected chi connectivity index (χ2v) is 3.66. The van der Waals surface area contributed by atoms with E-state index in [0.29, 0.717) is 11.1 Å². The Kier molecular flexibility index (Phi) is 3.06. The molecule has 1 unspecified atom stereocenters. The summed E-state index contributed by atoms with van der Waals surface area (Å²) in [6, 6.07) is 8.90. The molecule has 0 aliphatic rings. The van der Waals surface area contributed by atoms with Gasteiger partial charge in [0.1, 0.15) is 11.9 Å². The molecule has 0 aromatic heterocycles. The van der Waals surface area contributed by atoms with E-state index in [-0.39, 0.29) is 0 Å². The van der Waals surface area contributed by atoms with Crippen molar-refractivity contribution in [1.29, 1.82) is 0 Å². The van der Waals surface area contributed by atoms with E-state index in [1.54, 1.807) is 0 Å². The molecule has 0 bridgehead atoms.